The molecule has 2 amide bonds. The normalized spacial score (nSPS) is 10.1. The Morgan fingerprint density at radius 3 is 2.43 bits per heavy atom. The molecule has 7 nitrogen and oxygen atoms in total. The van der Waals surface area contributed by atoms with Gasteiger partial charge in [-0.1, -0.05) is 24.3 Å². The van der Waals surface area contributed by atoms with E-state index in [1.165, 1.54) is 0 Å². The first kappa shape index (κ1) is 21.3. The van der Waals surface area contributed by atoms with Gasteiger partial charge in [-0.2, -0.15) is 0 Å². The van der Waals surface area contributed by atoms with Crippen LogP contribution in [0.2, 0.25) is 0 Å². The molecular formula is C20H23N3O4S. The second-order valence-electron chi connectivity index (χ2n) is 5.82. The molecule has 0 spiro atoms. The molecular weight excluding hydrogens is 378 g/mol. The number of carbonyl (C=O) groups excluding carboxylic acids is 2. The number of nitrogens with one attached hydrogen (secondary N) is 3. The maximum atomic E-state index is 12.3. The molecule has 148 valence electrons. The maximum absolute atomic E-state index is 12.3. The predicted octanol–water partition coefficient (Wildman–Crippen LogP) is 2.13. The van der Waals surface area contributed by atoms with Crippen LogP contribution >= 0.6 is 12.2 Å². The number of amides is 2. The van der Waals surface area contributed by atoms with Gasteiger partial charge >= 0.3 is 0 Å². The maximum Gasteiger partial charge on any atom is 0.253 e. The topological polar surface area (TPSA) is 88.7 Å². The van der Waals surface area contributed by atoms with Gasteiger partial charge < -0.3 is 25.4 Å². The fourth-order valence-electron chi connectivity index (χ4n) is 2.41. The molecule has 3 N–H and O–H groups in total. The van der Waals surface area contributed by atoms with Crippen molar-refractivity contribution in [3.8, 4) is 5.75 Å². The number of anilines is 1. The molecule has 2 aromatic rings. The molecule has 0 aliphatic carbocycles. The van der Waals surface area contributed by atoms with Crippen LogP contribution in [0.25, 0.3) is 0 Å². The summed E-state index contributed by atoms with van der Waals surface area (Å²) in [7, 11) is 3.15. The highest BCUT2D eigenvalue weighted by Crippen LogP contribution is 2.15. The average Bonchev–Trinajstić information content (AvgIpc) is 2.69. The van der Waals surface area contributed by atoms with E-state index in [9.17, 15) is 9.59 Å². The van der Waals surface area contributed by atoms with E-state index in [1.807, 2.05) is 12.1 Å². The number of para-hydroxylation sites is 1. The molecule has 2 aromatic carbocycles. The average molecular weight is 401 g/mol. The van der Waals surface area contributed by atoms with Gasteiger partial charge in [-0.05, 0) is 42.0 Å². The molecule has 0 aliphatic rings. The molecule has 0 heterocycles. The van der Waals surface area contributed by atoms with Gasteiger partial charge in [0.1, 0.15) is 5.75 Å². The van der Waals surface area contributed by atoms with Crippen LogP contribution in [-0.4, -0.2) is 44.3 Å². The van der Waals surface area contributed by atoms with Gasteiger partial charge in [-0.3, -0.25) is 9.59 Å². The fourth-order valence-corrected chi connectivity index (χ4v) is 2.63. The third-order valence-electron chi connectivity index (χ3n) is 3.79. The van der Waals surface area contributed by atoms with Crippen molar-refractivity contribution in [1.82, 2.24) is 10.6 Å². The Morgan fingerprint density at radius 1 is 1.04 bits per heavy atom. The van der Waals surface area contributed by atoms with Crippen molar-refractivity contribution in [2.45, 2.75) is 6.42 Å². The van der Waals surface area contributed by atoms with Crippen LogP contribution < -0.4 is 20.7 Å². The summed E-state index contributed by atoms with van der Waals surface area (Å²) in [4.78, 5) is 24.5. The minimum absolute atomic E-state index is 0.121. The summed E-state index contributed by atoms with van der Waals surface area (Å²) in [6.45, 7) is 0.813. The number of benzene rings is 2. The first-order chi connectivity index (χ1) is 13.5. The Hall–Kier alpha value is -2.97. The quantitative estimate of drug-likeness (QED) is 0.464. The summed E-state index contributed by atoms with van der Waals surface area (Å²) in [6, 6.07) is 14.1. The zero-order chi connectivity index (χ0) is 20.4. The Balaban J connectivity index is 1.93. The second-order valence-corrected chi connectivity index (χ2v) is 6.23. The van der Waals surface area contributed by atoms with Crippen LogP contribution in [0.3, 0.4) is 0 Å². The highest BCUT2D eigenvalue weighted by molar-refractivity contribution is 7.80. The zero-order valence-corrected chi connectivity index (χ0v) is 16.6. The van der Waals surface area contributed by atoms with E-state index in [-0.39, 0.29) is 23.3 Å². The third-order valence-corrected chi connectivity index (χ3v) is 3.99. The summed E-state index contributed by atoms with van der Waals surface area (Å²) in [5.74, 6) is 0.207. The first-order valence-corrected chi connectivity index (χ1v) is 9.04. The van der Waals surface area contributed by atoms with E-state index in [4.69, 9.17) is 21.7 Å². The largest absolute Gasteiger partial charge is 0.497 e. The van der Waals surface area contributed by atoms with Crippen LogP contribution in [0.4, 0.5) is 5.69 Å². The van der Waals surface area contributed by atoms with E-state index in [1.54, 1.807) is 50.6 Å². The number of thiocarbonyl (C=S) groups is 1. The van der Waals surface area contributed by atoms with Crippen molar-refractivity contribution >= 4 is 34.8 Å². The van der Waals surface area contributed by atoms with Crippen molar-refractivity contribution in [3.63, 3.8) is 0 Å². The lowest BCUT2D eigenvalue weighted by atomic mass is 10.1. The van der Waals surface area contributed by atoms with E-state index in [0.717, 1.165) is 11.3 Å². The molecule has 0 fully saturated rings. The second kappa shape index (κ2) is 11.0. The highest BCUT2D eigenvalue weighted by atomic mass is 32.1. The van der Waals surface area contributed by atoms with Crippen molar-refractivity contribution < 1.29 is 19.1 Å². The molecule has 0 unspecified atom stereocenters. The summed E-state index contributed by atoms with van der Waals surface area (Å²) < 4.78 is 10.0. The Labute approximate surface area is 169 Å². The minimum atomic E-state index is -0.260. The molecule has 2 rings (SSSR count). The number of methoxy groups -OCH3 is 2. The SMILES string of the molecule is COCCNC(=O)c1ccccc1NC(=S)NC(=O)Cc1ccc(OC)cc1. The smallest absolute Gasteiger partial charge is 0.253 e. The lowest BCUT2D eigenvalue weighted by Gasteiger charge is -2.13. The Bertz CT molecular complexity index is 824. The monoisotopic (exact) mass is 401 g/mol. The van der Waals surface area contributed by atoms with Gasteiger partial charge in [0.25, 0.3) is 5.91 Å². The van der Waals surface area contributed by atoms with Crippen LogP contribution in [0, 0.1) is 0 Å². The molecule has 0 saturated carbocycles. The first-order valence-electron chi connectivity index (χ1n) is 8.63. The van der Waals surface area contributed by atoms with Crippen molar-refractivity contribution in [3.05, 3.63) is 59.7 Å². The lowest BCUT2D eigenvalue weighted by molar-refractivity contribution is -0.119. The molecule has 0 aliphatic heterocycles. The lowest BCUT2D eigenvalue weighted by Crippen LogP contribution is -2.36. The van der Waals surface area contributed by atoms with E-state index in [2.05, 4.69) is 16.0 Å². The van der Waals surface area contributed by atoms with Gasteiger partial charge in [-0.25, -0.2) is 0 Å². The van der Waals surface area contributed by atoms with Gasteiger partial charge in [0.15, 0.2) is 5.11 Å². The van der Waals surface area contributed by atoms with Crippen molar-refractivity contribution in [2.75, 3.05) is 32.7 Å². The van der Waals surface area contributed by atoms with Crippen molar-refractivity contribution in [2.24, 2.45) is 0 Å². The molecule has 0 aromatic heterocycles. The molecule has 0 bridgehead atoms. The van der Waals surface area contributed by atoms with Crippen LogP contribution in [0.1, 0.15) is 15.9 Å². The third kappa shape index (κ3) is 6.64. The number of rotatable bonds is 8. The zero-order valence-electron chi connectivity index (χ0n) is 15.8. The van der Waals surface area contributed by atoms with E-state index < -0.39 is 0 Å². The summed E-state index contributed by atoms with van der Waals surface area (Å²) in [5.41, 5.74) is 1.76. The highest BCUT2D eigenvalue weighted by Gasteiger charge is 2.13. The predicted molar refractivity (Wildman–Crippen MR) is 112 cm³/mol. The molecule has 0 atom stereocenters. The molecule has 0 radical (unpaired) electrons. The van der Waals surface area contributed by atoms with E-state index in [0.29, 0.717) is 24.4 Å². The van der Waals surface area contributed by atoms with Gasteiger partial charge in [0.05, 0.1) is 31.4 Å². The number of hydrogen-bond acceptors (Lipinski definition) is 5. The van der Waals surface area contributed by atoms with Gasteiger partial charge in [0, 0.05) is 13.7 Å². The standard InChI is InChI=1S/C20H23N3O4S/c1-26-12-11-21-19(25)16-5-3-4-6-17(16)22-20(28)23-18(24)13-14-7-9-15(27-2)10-8-14/h3-10H,11-13H2,1-2H3,(H,21,25)(H2,22,23,24,28). The Kier molecular flexibility index (Phi) is 8.38. The molecule has 8 heteroatoms. The number of hydrogen-bond donors (Lipinski definition) is 3. The number of ether oxygens (including phenoxy) is 2. The minimum Gasteiger partial charge on any atom is -0.497 e. The number of carbonyl (C=O) groups is 2. The Morgan fingerprint density at radius 2 is 1.75 bits per heavy atom. The van der Waals surface area contributed by atoms with Gasteiger partial charge in [0.2, 0.25) is 5.91 Å². The van der Waals surface area contributed by atoms with Crippen LogP contribution in [-0.2, 0) is 16.0 Å². The summed E-state index contributed by atoms with van der Waals surface area (Å²) in [6.07, 6.45) is 0.172. The molecule has 28 heavy (non-hydrogen) atoms. The van der Waals surface area contributed by atoms with E-state index >= 15 is 0 Å². The van der Waals surface area contributed by atoms with Crippen molar-refractivity contribution in [1.29, 1.82) is 0 Å². The van der Waals surface area contributed by atoms with Crippen LogP contribution in [0.15, 0.2) is 48.5 Å². The molecule has 0 saturated heterocycles. The summed E-state index contributed by atoms with van der Waals surface area (Å²) >= 11 is 5.21. The fraction of sp³-hybridized carbons (Fsp3) is 0.250. The van der Waals surface area contributed by atoms with Crippen LogP contribution in [0.5, 0.6) is 5.75 Å². The van der Waals surface area contributed by atoms with Gasteiger partial charge in [-0.15, -0.1) is 0 Å². The summed E-state index contributed by atoms with van der Waals surface area (Å²) in [5, 5.41) is 8.40.